The minimum absolute atomic E-state index is 0.0259. The quantitative estimate of drug-likeness (QED) is 0.842. The van der Waals surface area contributed by atoms with Gasteiger partial charge < -0.3 is 9.64 Å². The van der Waals surface area contributed by atoms with Crippen LogP contribution in [0.3, 0.4) is 0 Å². The van der Waals surface area contributed by atoms with Crippen LogP contribution in [0.1, 0.15) is 38.5 Å². The Kier molecular flexibility index (Phi) is 5.53. The van der Waals surface area contributed by atoms with Crippen LogP contribution < -0.4 is 9.62 Å². The van der Waals surface area contributed by atoms with E-state index < -0.39 is 10.0 Å². The number of hydrogen-bond donors (Lipinski definition) is 1. The van der Waals surface area contributed by atoms with Gasteiger partial charge in [-0.05, 0) is 37.1 Å². The molecular formula is C17H24N2O4S. The van der Waals surface area contributed by atoms with Crippen molar-refractivity contribution >= 4 is 21.6 Å². The lowest BCUT2D eigenvalue weighted by atomic mass is 10.1. The lowest BCUT2D eigenvalue weighted by Gasteiger charge is -2.27. The Labute approximate surface area is 143 Å². The SMILES string of the molecule is O=C1COCCN1c1ccc(S(=O)(=O)NC2CCCCCC2)cc1. The zero-order chi connectivity index (χ0) is 17.0. The molecule has 0 spiro atoms. The second-order valence-corrected chi connectivity index (χ2v) is 8.12. The number of anilines is 1. The minimum Gasteiger partial charge on any atom is -0.370 e. The maximum absolute atomic E-state index is 12.6. The number of ether oxygens (including phenoxy) is 1. The Bertz CT molecular complexity index is 664. The molecule has 7 heteroatoms. The monoisotopic (exact) mass is 352 g/mol. The van der Waals surface area contributed by atoms with Gasteiger partial charge in [-0.1, -0.05) is 25.7 Å². The predicted molar refractivity (Wildman–Crippen MR) is 91.4 cm³/mol. The van der Waals surface area contributed by atoms with Gasteiger partial charge in [-0.25, -0.2) is 13.1 Å². The third kappa shape index (κ3) is 4.15. The van der Waals surface area contributed by atoms with Gasteiger partial charge in [0, 0.05) is 18.3 Å². The van der Waals surface area contributed by atoms with Gasteiger partial charge in [-0.15, -0.1) is 0 Å². The molecule has 0 unspecified atom stereocenters. The largest absolute Gasteiger partial charge is 0.370 e. The summed E-state index contributed by atoms with van der Waals surface area (Å²) in [5.74, 6) is -0.103. The fourth-order valence-electron chi connectivity index (χ4n) is 3.28. The van der Waals surface area contributed by atoms with Crippen molar-refractivity contribution in [3.05, 3.63) is 24.3 Å². The molecule has 0 radical (unpaired) electrons. The van der Waals surface area contributed by atoms with E-state index in [0.717, 1.165) is 25.7 Å². The average molecular weight is 352 g/mol. The highest BCUT2D eigenvalue weighted by molar-refractivity contribution is 7.89. The van der Waals surface area contributed by atoms with Crippen molar-refractivity contribution in [2.45, 2.75) is 49.5 Å². The van der Waals surface area contributed by atoms with E-state index in [2.05, 4.69) is 4.72 Å². The van der Waals surface area contributed by atoms with Gasteiger partial charge in [0.1, 0.15) is 6.61 Å². The third-order valence-electron chi connectivity index (χ3n) is 4.62. The van der Waals surface area contributed by atoms with Crippen molar-refractivity contribution in [3.8, 4) is 0 Å². The smallest absolute Gasteiger partial charge is 0.253 e. The number of rotatable bonds is 4. The van der Waals surface area contributed by atoms with Crippen molar-refractivity contribution in [2.24, 2.45) is 0 Å². The molecule has 6 nitrogen and oxygen atoms in total. The van der Waals surface area contributed by atoms with E-state index >= 15 is 0 Å². The molecule has 2 aliphatic rings. The van der Waals surface area contributed by atoms with Crippen LogP contribution in [0.15, 0.2) is 29.2 Å². The van der Waals surface area contributed by atoms with Crippen LogP contribution in [0.4, 0.5) is 5.69 Å². The van der Waals surface area contributed by atoms with Gasteiger partial charge in [-0.3, -0.25) is 4.79 Å². The summed E-state index contributed by atoms with van der Waals surface area (Å²) in [6.07, 6.45) is 6.32. The van der Waals surface area contributed by atoms with E-state index in [1.807, 2.05) is 0 Å². The summed E-state index contributed by atoms with van der Waals surface area (Å²) in [5, 5.41) is 0. The first-order valence-electron chi connectivity index (χ1n) is 8.57. The van der Waals surface area contributed by atoms with E-state index in [1.165, 1.54) is 12.8 Å². The van der Waals surface area contributed by atoms with Crippen molar-refractivity contribution in [2.75, 3.05) is 24.7 Å². The summed E-state index contributed by atoms with van der Waals surface area (Å²) >= 11 is 0. The zero-order valence-corrected chi connectivity index (χ0v) is 14.6. The highest BCUT2D eigenvalue weighted by Crippen LogP contribution is 2.22. The van der Waals surface area contributed by atoms with Crippen LogP contribution in [-0.2, 0) is 19.6 Å². The molecule has 2 fully saturated rings. The van der Waals surface area contributed by atoms with E-state index in [0.29, 0.717) is 18.8 Å². The third-order valence-corrected chi connectivity index (χ3v) is 6.16. The number of sulfonamides is 1. The van der Waals surface area contributed by atoms with Gasteiger partial charge in [0.05, 0.1) is 11.5 Å². The summed E-state index contributed by atoms with van der Waals surface area (Å²) in [6.45, 7) is 1.06. The number of nitrogens with one attached hydrogen (secondary N) is 1. The highest BCUT2D eigenvalue weighted by Gasteiger charge is 2.23. The first-order chi connectivity index (χ1) is 11.6. The molecule has 3 rings (SSSR count). The molecule has 0 atom stereocenters. The maximum Gasteiger partial charge on any atom is 0.253 e. The first-order valence-corrected chi connectivity index (χ1v) is 10.0. The Hall–Kier alpha value is -1.44. The van der Waals surface area contributed by atoms with E-state index in [4.69, 9.17) is 4.74 Å². The average Bonchev–Trinajstić information content (AvgIpc) is 2.84. The standard InChI is InChI=1S/C17H24N2O4S/c20-17-13-23-12-11-19(17)15-7-9-16(10-8-15)24(21,22)18-14-5-3-1-2-4-6-14/h7-10,14,18H,1-6,11-13H2. The maximum atomic E-state index is 12.6. The number of carbonyl (C=O) groups excluding carboxylic acids is 1. The van der Waals surface area contributed by atoms with Crippen molar-refractivity contribution in [1.29, 1.82) is 0 Å². The molecule has 132 valence electrons. The molecule has 1 saturated heterocycles. The summed E-state index contributed by atoms with van der Waals surface area (Å²) in [5.41, 5.74) is 0.705. The molecule has 0 bridgehead atoms. The number of amides is 1. The van der Waals surface area contributed by atoms with Crippen LogP contribution >= 0.6 is 0 Å². The molecule has 1 aromatic carbocycles. The van der Waals surface area contributed by atoms with Crippen LogP contribution in [-0.4, -0.2) is 40.1 Å². The molecule has 1 heterocycles. The molecule has 0 aromatic heterocycles. The normalized spacial score (nSPS) is 20.8. The molecule has 1 aromatic rings. The second kappa shape index (κ2) is 7.63. The van der Waals surface area contributed by atoms with E-state index in [1.54, 1.807) is 29.2 Å². The summed E-state index contributed by atoms with van der Waals surface area (Å²) in [4.78, 5) is 13.7. The zero-order valence-electron chi connectivity index (χ0n) is 13.7. The van der Waals surface area contributed by atoms with Crippen LogP contribution in [0.2, 0.25) is 0 Å². The fraction of sp³-hybridized carbons (Fsp3) is 0.588. The number of nitrogens with zero attached hydrogens (tertiary/aromatic N) is 1. The lowest BCUT2D eigenvalue weighted by molar-refractivity contribution is -0.125. The fourth-order valence-corrected chi connectivity index (χ4v) is 4.59. The number of carbonyl (C=O) groups is 1. The predicted octanol–water partition coefficient (Wildman–Crippen LogP) is 2.05. The minimum atomic E-state index is -3.52. The molecule has 1 N–H and O–H groups in total. The van der Waals surface area contributed by atoms with Crippen molar-refractivity contribution in [3.63, 3.8) is 0 Å². The Morgan fingerprint density at radius 2 is 1.71 bits per heavy atom. The van der Waals surface area contributed by atoms with Gasteiger partial charge >= 0.3 is 0 Å². The van der Waals surface area contributed by atoms with E-state index in [-0.39, 0.29) is 23.5 Å². The van der Waals surface area contributed by atoms with Crippen LogP contribution in [0.25, 0.3) is 0 Å². The first kappa shape index (κ1) is 17.4. The van der Waals surface area contributed by atoms with E-state index in [9.17, 15) is 13.2 Å². The molecule has 1 saturated carbocycles. The molecule has 1 aliphatic heterocycles. The Morgan fingerprint density at radius 1 is 1.04 bits per heavy atom. The second-order valence-electron chi connectivity index (χ2n) is 6.40. The lowest BCUT2D eigenvalue weighted by Crippen LogP contribution is -2.41. The van der Waals surface area contributed by atoms with Crippen LogP contribution in [0, 0.1) is 0 Å². The highest BCUT2D eigenvalue weighted by atomic mass is 32.2. The number of hydrogen-bond acceptors (Lipinski definition) is 4. The number of morpholine rings is 1. The van der Waals surface area contributed by atoms with Crippen molar-refractivity contribution in [1.82, 2.24) is 4.72 Å². The molecular weight excluding hydrogens is 328 g/mol. The van der Waals surface area contributed by atoms with Crippen LogP contribution in [0.5, 0.6) is 0 Å². The number of benzene rings is 1. The topological polar surface area (TPSA) is 75.7 Å². The summed E-state index contributed by atoms with van der Waals surface area (Å²) in [7, 11) is -3.52. The Balaban J connectivity index is 1.70. The van der Waals surface area contributed by atoms with Gasteiger partial charge in [-0.2, -0.15) is 0 Å². The van der Waals surface area contributed by atoms with Gasteiger partial charge in [0.25, 0.3) is 5.91 Å². The molecule has 24 heavy (non-hydrogen) atoms. The summed E-state index contributed by atoms with van der Waals surface area (Å²) < 4.78 is 33.0. The summed E-state index contributed by atoms with van der Waals surface area (Å²) in [6, 6.07) is 6.53. The van der Waals surface area contributed by atoms with Crippen molar-refractivity contribution < 1.29 is 17.9 Å². The van der Waals surface area contributed by atoms with Gasteiger partial charge in [0.2, 0.25) is 10.0 Å². The Morgan fingerprint density at radius 3 is 2.33 bits per heavy atom. The van der Waals surface area contributed by atoms with Gasteiger partial charge in [0.15, 0.2) is 0 Å². The molecule has 1 aliphatic carbocycles. The molecule has 1 amide bonds.